The van der Waals surface area contributed by atoms with Crippen molar-refractivity contribution in [2.24, 2.45) is 0 Å². The van der Waals surface area contributed by atoms with Crippen LogP contribution in [-0.2, 0) is 4.74 Å². The second kappa shape index (κ2) is 5.70. The van der Waals surface area contributed by atoms with Crippen LogP contribution in [0.4, 0.5) is 10.5 Å². The highest BCUT2D eigenvalue weighted by Crippen LogP contribution is 2.22. The molecule has 0 N–H and O–H groups in total. The zero-order valence-corrected chi connectivity index (χ0v) is 12.5. The van der Waals surface area contributed by atoms with Crippen molar-refractivity contribution in [3.8, 4) is 5.88 Å². The van der Waals surface area contributed by atoms with Gasteiger partial charge in [0.05, 0.1) is 6.54 Å². The van der Waals surface area contributed by atoms with Crippen molar-refractivity contribution in [1.29, 1.82) is 0 Å². The lowest BCUT2D eigenvalue weighted by Gasteiger charge is -2.12. The van der Waals surface area contributed by atoms with Crippen LogP contribution in [0, 0.1) is 3.57 Å². The Morgan fingerprint density at radius 3 is 2.85 bits per heavy atom. The van der Waals surface area contributed by atoms with Gasteiger partial charge < -0.3 is 14.0 Å². The number of halogens is 1. The Hall–Kier alpha value is -1.77. The van der Waals surface area contributed by atoms with Gasteiger partial charge in [0.15, 0.2) is 6.10 Å². The summed E-state index contributed by atoms with van der Waals surface area (Å²) < 4.78 is 16.4. The van der Waals surface area contributed by atoms with E-state index in [1.807, 2.05) is 24.3 Å². The molecule has 0 bridgehead atoms. The van der Waals surface area contributed by atoms with Crippen molar-refractivity contribution >= 4 is 34.4 Å². The Morgan fingerprint density at radius 2 is 2.15 bits per heavy atom. The van der Waals surface area contributed by atoms with E-state index in [9.17, 15) is 4.79 Å². The minimum absolute atomic E-state index is 0.249. The topological polar surface area (TPSA) is 64.8 Å². The van der Waals surface area contributed by atoms with Crippen molar-refractivity contribution in [2.75, 3.05) is 18.1 Å². The van der Waals surface area contributed by atoms with E-state index in [0.717, 1.165) is 9.26 Å². The van der Waals surface area contributed by atoms with Crippen LogP contribution < -0.4 is 9.64 Å². The zero-order valence-electron chi connectivity index (χ0n) is 10.4. The van der Waals surface area contributed by atoms with Gasteiger partial charge in [0.1, 0.15) is 12.9 Å². The number of hydrogen-bond donors (Lipinski definition) is 0. The van der Waals surface area contributed by atoms with Crippen LogP contribution in [0.1, 0.15) is 0 Å². The first kappa shape index (κ1) is 13.2. The molecule has 1 aliphatic rings. The number of nitrogens with zero attached hydrogens (tertiary/aromatic N) is 2. The normalized spacial score (nSPS) is 18.1. The van der Waals surface area contributed by atoms with Crippen molar-refractivity contribution in [2.45, 2.75) is 6.10 Å². The molecule has 1 aliphatic heterocycles. The molecule has 1 atom stereocenters. The van der Waals surface area contributed by atoms with Crippen molar-refractivity contribution in [1.82, 2.24) is 5.16 Å². The third-order valence-corrected chi connectivity index (χ3v) is 3.56. The Bertz CT molecular complexity index is 585. The molecule has 7 heteroatoms. The summed E-state index contributed by atoms with van der Waals surface area (Å²) in [7, 11) is 0. The van der Waals surface area contributed by atoms with Gasteiger partial charge in [-0.25, -0.2) is 4.79 Å². The molecule has 0 radical (unpaired) electrons. The van der Waals surface area contributed by atoms with E-state index in [2.05, 4.69) is 32.3 Å². The highest BCUT2D eigenvalue weighted by atomic mass is 127. The number of hydrogen-bond acceptors (Lipinski definition) is 5. The molecule has 6 nitrogen and oxygen atoms in total. The van der Waals surface area contributed by atoms with E-state index in [1.54, 1.807) is 11.0 Å². The van der Waals surface area contributed by atoms with Gasteiger partial charge >= 0.3 is 6.09 Å². The molecule has 0 unspecified atom stereocenters. The number of benzene rings is 1. The van der Waals surface area contributed by atoms with Crippen LogP contribution in [0.15, 0.2) is 41.1 Å². The molecule has 0 aliphatic carbocycles. The summed E-state index contributed by atoms with van der Waals surface area (Å²) in [5.74, 6) is 0.383. The first-order valence-corrected chi connectivity index (χ1v) is 7.07. The number of rotatable bonds is 4. The first-order valence-electron chi connectivity index (χ1n) is 5.99. The third-order valence-electron chi connectivity index (χ3n) is 2.84. The predicted molar refractivity (Wildman–Crippen MR) is 78.8 cm³/mol. The number of ether oxygens (including phenoxy) is 2. The summed E-state index contributed by atoms with van der Waals surface area (Å²) >= 11 is 2.22. The molecule has 0 spiro atoms. The predicted octanol–water partition coefficient (Wildman–Crippen LogP) is 2.68. The van der Waals surface area contributed by atoms with Gasteiger partial charge in [-0.05, 0) is 52.0 Å². The molecular formula is C13H11IN2O4. The largest absolute Gasteiger partial charge is 0.471 e. The Kier molecular flexibility index (Phi) is 3.77. The van der Waals surface area contributed by atoms with Crippen LogP contribution in [0.2, 0.25) is 0 Å². The number of carbonyl (C=O) groups excluding carboxylic acids is 1. The smallest absolute Gasteiger partial charge is 0.414 e. The summed E-state index contributed by atoms with van der Waals surface area (Å²) in [4.78, 5) is 13.4. The average Bonchev–Trinajstić information content (AvgIpc) is 3.07. The van der Waals surface area contributed by atoms with Gasteiger partial charge in [-0.3, -0.25) is 4.90 Å². The van der Waals surface area contributed by atoms with E-state index in [-0.39, 0.29) is 18.8 Å². The monoisotopic (exact) mass is 386 g/mol. The molecular weight excluding hydrogens is 375 g/mol. The van der Waals surface area contributed by atoms with Crippen molar-refractivity contribution < 1.29 is 18.8 Å². The van der Waals surface area contributed by atoms with Gasteiger partial charge in [0.25, 0.3) is 5.88 Å². The van der Waals surface area contributed by atoms with Crippen LogP contribution in [0.25, 0.3) is 0 Å². The van der Waals surface area contributed by atoms with Gasteiger partial charge in [-0.1, -0.05) is 0 Å². The molecule has 1 saturated heterocycles. The number of cyclic esters (lactones) is 1. The average molecular weight is 386 g/mol. The standard InChI is InChI=1S/C13H11IN2O4/c14-9-1-3-10(4-2-9)16-7-11(20-13(16)17)8-18-12-5-6-19-15-12/h1-6,11H,7-8H2/t11-/m1/s1. The van der Waals surface area contributed by atoms with Crippen LogP contribution in [0.3, 0.4) is 0 Å². The number of anilines is 1. The van der Waals surface area contributed by atoms with Crippen LogP contribution in [-0.4, -0.2) is 30.5 Å². The van der Waals surface area contributed by atoms with Crippen molar-refractivity contribution in [3.63, 3.8) is 0 Å². The highest BCUT2D eigenvalue weighted by Gasteiger charge is 2.32. The summed E-state index contributed by atoms with van der Waals surface area (Å²) in [5.41, 5.74) is 0.819. The lowest BCUT2D eigenvalue weighted by atomic mass is 10.3. The first-order chi connectivity index (χ1) is 9.72. The second-order valence-electron chi connectivity index (χ2n) is 4.24. The quantitative estimate of drug-likeness (QED) is 0.757. The Morgan fingerprint density at radius 1 is 1.35 bits per heavy atom. The molecule has 0 saturated carbocycles. The fraction of sp³-hybridized carbons (Fsp3) is 0.231. The fourth-order valence-electron chi connectivity index (χ4n) is 1.89. The zero-order chi connectivity index (χ0) is 13.9. The van der Waals surface area contributed by atoms with Crippen LogP contribution in [0.5, 0.6) is 5.88 Å². The van der Waals surface area contributed by atoms with Gasteiger partial charge in [-0.2, -0.15) is 0 Å². The lowest BCUT2D eigenvalue weighted by molar-refractivity contribution is 0.102. The summed E-state index contributed by atoms with van der Waals surface area (Å²) in [5, 5.41) is 3.63. The summed E-state index contributed by atoms with van der Waals surface area (Å²) in [6.07, 6.45) is 0.742. The molecule has 1 fully saturated rings. The molecule has 2 heterocycles. The maximum absolute atomic E-state index is 11.8. The highest BCUT2D eigenvalue weighted by molar-refractivity contribution is 14.1. The van der Waals surface area contributed by atoms with E-state index in [1.165, 1.54) is 6.26 Å². The SMILES string of the molecule is O=C1O[C@@H](COc2ccon2)CN1c1ccc(I)cc1. The summed E-state index contributed by atoms with van der Waals surface area (Å²) in [6, 6.07) is 9.28. The number of aromatic nitrogens is 1. The van der Waals surface area contributed by atoms with Crippen molar-refractivity contribution in [3.05, 3.63) is 40.2 Å². The molecule has 2 aromatic rings. The maximum Gasteiger partial charge on any atom is 0.414 e. The van der Waals surface area contributed by atoms with Crippen LogP contribution >= 0.6 is 22.6 Å². The lowest BCUT2D eigenvalue weighted by Crippen LogP contribution is -2.26. The van der Waals surface area contributed by atoms with E-state index >= 15 is 0 Å². The minimum atomic E-state index is -0.361. The molecule has 104 valence electrons. The van der Waals surface area contributed by atoms with E-state index < -0.39 is 0 Å². The molecule has 3 rings (SSSR count). The molecule has 1 amide bonds. The second-order valence-corrected chi connectivity index (χ2v) is 5.49. The molecule has 1 aromatic carbocycles. The molecule has 20 heavy (non-hydrogen) atoms. The van der Waals surface area contributed by atoms with Gasteiger partial charge in [0.2, 0.25) is 0 Å². The third kappa shape index (κ3) is 2.87. The maximum atomic E-state index is 11.8. The summed E-state index contributed by atoms with van der Waals surface area (Å²) in [6.45, 7) is 0.705. The minimum Gasteiger partial charge on any atom is -0.471 e. The van der Waals surface area contributed by atoms with Gasteiger partial charge in [0, 0.05) is 15.3 Å². The Balaban J connectivity index is 1.61. The van der Waals surface area contributed by atoms with E-state index in [0.29, 0.717) is 12.4 Å². The van der Waals surface area contributed by atoms with E-state index in [4.69, 9.17) is 9.47 Å². The fourth-order valence-corrected chi connectivity index (χ4v) is 2.25. The van der Waals surface area contributed by atoms with Gasteiger partial charge in [-0.15, -0.1) is 0 Å². The number of amides is 1. The Labute approximate surface area is 128 Å². The number of carbonyl (C=O) groups is 1. The molecule has 1 aromatic heterocycles.